The molecule has 9 heteroatoms. The first-order chi connectivity index (χ1) is 12.5. The average Bonchev–Trinajstić information content (AvgIpc) is 3.04. The Hall–Kier alpha value is -2.49. The van der Waals surface area contributed by atoms with Gasteiger partial charge in [0.1, 0.15) is 11.4 Å². The number of amides is 1. The zero-order valence-electron chi connectivity index (χ0n) is 14.6. The SMILES string of the molecule is CC[C@H](CO)NC(=O)c1cnc(Oc2ccc3c(c2C)B(O)OC3)cn1. The van der Waals surface area contributed by atoms with Crippen LogP contribution in [0.3, 0.4) is 0 Å². The number of benzene rings is 1. The van der Waals surface area contributed by atoms with Gasteiger partial charge in [0.15, 0.2) is 0 Å². The number of nitrogens with one attached hydrogen (secondary N) is 1. The van der Waals surface area contributed by atoms with Gasteiger partial charge in [0.2, 0.25) is 5.88 Å². The van der Waals surface area contributed by atoms with Crippen molar-refractivity contribution in [3.8, 4) is 11.6 Å². The van der Waals surface area contributed by atoms with E-state index in [0.717, 1.165) is 11.1 Å². The van der Waals surface area contributed by atoms with E-state index in [0.29, 0.717) is 24.2 Å². The van der Waals surface area contributed by atoms with Crippen molar-refractivity contribution in [2.75, 3.05) is 6.61 Å². The monoisotopic (exact) mass is 357 g/mol. The molecule has 0 bridgehead atoms. The predicted octanol–water partition coefficient (Wildman–Crippen LogP) is 0.296. The molecule has 0 aliphatic carbocycles. The third-order valence-corrected chi connectivity index (χ3v) is 4.32. The summed E-state index contributed by atoms with van der Waals surface area (Å²) in [6.07, 6.45) is 3.29. The summed E-state index contributed by atoms with van der Waals surface area (Å²) in [5.41, 5.74) is 2.54. The summed E-state index contributed by atoms with van der Waals surface area (Å²) in [6.45, 7) is 3.93. The van der Waals surface area contributed by atoms with Gasteiger partial charge in [-0.2, -0.15) is 0 Å². The van der Waals surface area contributed by atoms with Crippen molar-refractivity contribution in [3.05, 3.63) is 41.3 Å². The number of ether oxygens (including phenoxy) is 1. The normalized spacial score (nSPS) is 14.1. The summed E-state index contributed by atoms with van der Waals surface area (Å²) in [5, 5.41) is 21.7. The first-order valence-corrected chi connectivity index (χ1v) is 8.37. The maximum Gasteiger partial charge on any atom is 0.492 e. The average molecular weight is 357 g/mol. The highest BCUT2D eigenvalue weighted by atomic mass is 16.5. The van der Waals surface area contributed by atoms with Crippen molar-refractivity contribution >= 4 is 18.5 Å². The predicted molar refractivity (Wildman–Crippen MR) is 94.3 cm³/mol. The molecule has 1 aliphatic rings. The molecule has 1 amide bonds. The number of aliphatic hydroxyl groups excluding tert-OH is 1. The molecular weight excluding hydrogens is 337 g/mol. The molecule has 136 valence electrons. The van der Waals surface area contributed by atoms with Crippen molar-refractivity contribution in [1.82, 2.24) is 15.3 Å². The van der Waals surface area contributed by atoms with Gasteiger partial charge in [-0.15, -0.1) is 0 Å². The Kier molecular flexibility index (Phi) is 5.50. The summed E-state index contributed by atoms with van der Waals surface area (Å²) >= 11 is 0. The highest BCUT2D eigenvalue weighted by Gasteiger charge is 2.30. The van der Waals surface area contributed by atoms with Crippen LogP contribution in [-0.2, 0) is 11.3 Å². The number of aromatic nitrogens is 2. The van der Waals surface area contributed by atoms with Gasteiger partial charge < -0.3 is 24.8 Å². The second-order valence-electron chi connectivity index (χ2n) is 6.03. The van der Waals surface area contributed by atoms with Crippen LogP contribution >= 0.6 is 0 Å². The van der Waals surface area contributed by atoms with E-state index in [1.165, 1.54) is 12.4 Å². The highest BCUT2D eigenvalue weighted by molar-refractivity contribution is 6.62. The maximum absolute atomic E-state index is 12.1. The van der Waals surface area contributed by atoms with Crippen molar-refractivity contribution in [1.29, 1.82) is 0 Å². The Morgan fingerprint density at radius 3 is 2.88 bits per heavy atom. The van der Waals surface area contributed by atoms with E-state index < -0.39 is 13.0 Å². The number of nitrogens with zero attached hydrogens (tertiary/aromatic N) is 2. The number of fused-ring (bicyclic) bond motifs is 1. The number of carbonyl (C=O) groups excluding carboxylic acids is 1. The number of carbonyl (C=O) groups is 1. The van der Waals surface area contributed by atoms with Gasteiger partial charge in [0.05, 0.1) is 31.6 Å². The summed E-state index contributed by atoms with van der Waals surface area (Å²) in [4.78, 5) is 20.2. The van der Waals surface area contributed by atoms with Crippen LogP contribution < -0.4 is 15.5 Å². The minimum Gasteiger partial charge on any atom is -0.437 e. The fraction of sp³-hybridized carbons (Fsp3) is 0.353. The van der Waals surface area contributed by atoms with Crippen molar-refractivity contribution in [3.63, 3.8) is 0 Å². The molecule has 0 saturated carbocycles. The first kappa shape index (κ1) is 18.3. The van der Waals surface area contributed by atoms with Crippen molar-refractivity contribution < 1.29 is 24.3 Å². The summed E-state index contributed by atoms with van der Waals surface area (Å²) < 4.78 is 10.9. The van der Waals surface area contributed by atoms with E-state index in [1.54, 1.807) is 6.07 Å². The largest absolute Gasteiger partial charge is 0.492 e. The Labute approximate surface area is 151 Å². The Balaban J connectivity index is 1.72. The maximum atomic E-state index is 12.1. The van der Waals surface area contributed by atoms with Crippen LogP contribution in [0.1, 0.15) is 35.0 Å². The molecule has 1 aromatic carbocycles. The van der Waals surface area contributed by atoms with E-state index in [2.05, 4.69) is 15.3 Å². The van der Waals surface area contributed by atoms with Crippen molar-refractivity contribution in [2.24, 2.45) is 0 Å². The first-order valence-electron chi connectivity index (χ1n) is 8.37. The fourth-order valence-electron chi connectivity index (χ4n) is 2.73. The summed E-state index contributed by atoms with van der Waals surface area (Å²) in [5.74, 6) is 0.359. The standard InChI is InChI=1S/C17H20BN3O5/c1-3-12(8-22)21-17(23)13-6-20-15(7-19-13)26-14-5-4-11-9-25-18(24)16(11)10(14)2/h4-7,12,22,24H,3,8-9H2,1-2H3,(H,21,23)/t12-/m1/s1. The molecule has 0 saturated heterocycles. The number of rotatable bonds is 6. The number of aliphatic hydroxyl groups is 1. The number of hydrogen-bond donors (Lipinski definition) is 3. The molecular formula is C17H20BN3O5. The molecule has 3 N–H and O–H groups in total. The lowest BCUT2D eigenvalue weighted by molar-refractivity contribution is 0.0909. The zero-order valence-corrected chi connectivity index (χ0v) is 14.6. The van der Waals surface area contributed by atoms with Crippen LogP contribution in [-0.4, -0.2) is 45.8 Å². The molecule has 1 aliphatic heterocycles. The lowest BCUT2D eigenvalue weighted by atomic mass is 9.76. The van der Waals surface area contributed by atoms with Crippen LogP contribution in [0.5, 0.6) is 11.6 Å². The highest BCUT2D eigenvalue weighted by Crippen LogP contribution is 2.25. The van der Waals surface area contributed by atoms with Crippen molar-refractivity contribution in [2.45, 2.75) is 32.9 Å². The molecule has 1 atom stereocenters. The molecule has 2 aromatic rings. The topological polar surface area (TPSA) is 114 Å². The minimum absolute atomic E-state index is 0.135. The third kappa shape index (κ3) is 3.69. The molecule has 2 heterocycles. The smallest absolute Gasteiger partial charge is 0.437 e. The molecule has 0 unspecified atom stereocenters. The minimum atomic E-state index is -0.955. The summed E-state index contributed by atoms with van der Waals surface area (Å²) in [6, 6.07) is 3.30. The summed E-state index contributed by atoms with van der Waals surface area (Å²) in [7, 11) is -0.955. The van der Waals surface area contributed by atoms with Gasteiger partial charge in [-0.3, -0.25) is 4.79 Å². The molecule has 0 fully saturated rings. The molecule has 8 nitrogen and oxygen atoms in total. The Morgan fingerprint density at radius 1 is 1.42 bits per heavy atom. The second-order valence-corrected chi connectivity index (χ2v) is 6.03. The van der Waals surface area contributed by atoms with E-state index in [9.17, 15) is 9.82 Å². The van der Waals surface area contributed by atoms with Gasteiger partial charge in [-0.1, -0.05) is 13.0 Å². The fourth-order valence-corrected chi connectivity index (χ4v) is 2.73. The quantitative estimate of drug-likeness (QED) is 0.637. The molecule has 3 rings (SSSR count). The van der Waals surface area contributed by atoms with Crippen LogP contribution in [0, 0.1) is 6.92 Å². The molecule has 26 heavy (non-hydrogen) atoms. The van der Waals surface area contributed by atoms with Gasteiger partial charge in [0.25, 0.3) is 5.91 Å². The Bertz CT molecular complexity index is 796. The Morgan fingerprint density at radius 2 is 2.23 bits per heavy atom. The van der Waals surface area contributed by atoms with E-state index in [1.807, 2.05) is 19.9 Å². The zero-order chi connectivity index (χ0) is 18.7. The van der Waals surface area contributed by atoms with E-state index in [-0.39, 0.29) is 24.2 Å². The molecule has 0 spiro atoms. The number of hydrogen-bond acceptors (Lipinski definition) is 7. The second kappa shape index (κ2) is 7.82. The van der Waals surface area contributed by atoms with Crippen LogP contribution in [0.2, 0.25) is 0 Å². The van der Waals surface area contributed by atoms with Crippen LogP contribution in [0.15, 0.2) is 24.5 Å². The van der Waals surface area contributed by atoms with E-state index in [4.69, 9.17) is 14.5 Å². The lowest BCUT2D eigenvalue weighted by Gasteiger charge is -2.14. The van der Waals surface area contributed by atoms with Gasteiger partial charge in [-0.25, -0.2) is 9.97 Å². The van der Waals surface area contributed by atoms with Crippen LogP contribution in [0.4, 0.5) is 0 Å². The molecule has 0 radical (unpaired) electrons. The molecule has 1 aromatic heterocycles. The lowest BCUT2D eigenvalue weighted by Crippen LogP contribution is -2.37. The van der Waals surface area contributed by atoms with E-state index >= 15 is 0 Å². The van der Waals surface area contributed by atoms with Gasteiger partial charge >= 0.3 is 7.12 Å². The van der Waals surface area contributed by atoms with Gasteiger partial charge in [0, 0.05) is 0 Å². The third-order valence-electron chi connectivity index (χ3n) is 4.32. The van der Waals surface area contributed by atoms with Crippen LogP contribution in [0.25, 0.3) is 0 Å². The van der Waals surface area contributed by atoms with Gasteiger partial charge in [-0.05, 0) is 36.0 Å².